The summed E-state index contributed by atoms with van der Waals surface area (Å²) in [6.45, 7) is 0. The summed E-state index contributed by atoms with van der Waals surface area (Å²) < 4.78 is 0. The fourth-order valence-electron chi connectivity index (χ4n) is 1.00. The summed E-state index contributed by atoms with van der Waals surface area (Å²) in [4.78, 5) is 39.6. The van der Waals surface area contributed by atoms with Crippen LogP contribution in [0.3, 0.4) is 0 Å². The molecule has 2 aliphatic rings. The molecule has 0 unspecified atom stereocenters. The van der Waals surface area contributed by atoms with E-state index >= 15 is 0 Å². The second kappa shape index (κ2) is 6.40. The first-order valence-corrected chi connectivity index (χ1v) is 4.40. The monoisotopic (exact) mass is 252 g/mol. The number of carboxylic acids is 2. The van der Waals surface area contributed by atoms with Crippen LogP contribution < -0.4 is 20.8 Å². The van der Waals surface area contributed by atoms with Crippen LogP contribution in [0.4, 0.5) is 0 Å². The number of aliphatic carboxylic acids is 2. The van der Waals surface area contributed by atoms with Gasteiger partial charge in [0.25, 0.3) is 0 Å². The first kappa shape index (κ1) is 15.6. The standard InChI is InChI=1S/2C4H5NO3.Mg/c2*6-3-1-2(5-3)4(7)8;/h2*2H,1H2,(H,5,6)(H,7,8);/q;;+2/p-2/t2*2-;/m00./s1. The summed E-state index contributed by atoms with van der Waals surface area (Å²) in [5.74, 6) is -2.85. The van der Waals surface area contributed by atoms with E-state index in [-0.39, 0.29) is 47.7 Å². The second-order valence-electron chi connectivity index (χ2n) is 3.29. The Balaban J connectivity index is 0.000000284. The molecular formula is C8H8MgN2O6. The summed E-state index contributed by atoms with van der Waals surface area (Å²) >= 11 is 0. The normalized spacial score (nSPS) is 24.5. The molecule has 9 heteroatoms. The minimum absolute atomic E-state index is 0. The fraction of sp³-hybridized carbons (Fsp3) is 0.500. The van der Waals surface area contributed by atoms with Crippen molar-refractivity contribution in [2.24, 2.45) is 0 Å². The minimum atomic E-state index is -1.20. The van der Waals surface area contributed by atoms with Crippen LogP contribution in [-0.2, 0) is 19.2 Å². The van der Waals surface area contributed by atoms with Crippen molar-refractivity contribution in [3.05, 3.63) is 0 Å². The van der Waals surface area contributed by atoms with Gasteiger partial charge >= 0.3 is 23.1 Å². The van der Waals surface area contributed by atoms with E-state index in [4.69, 9.17) is 0 Å². The van der Waals surface area contributed by atoms with Gasteiger partial charge in [-0.3, -0.25) is 9.59 Å². The van der Waals surface area contributed by atoms with Crippen LogP contribution >= 0.6 is 0 Å². The predicted molar refractivity (Wildman–Crippen MR) is 48.9 cm³/mol. The van der Waals surface area contributed by atoms with Crippen LogP contribution in [0.5, 0.6) is 0 Å². The maximum Gasteiger partial charge on any atom is 2.00 e. The molecule has 2 amide bonds. The maximum atomic E-state index is 10.0. The van der Waals surface area contributed by atoms with Crippen molar-refractivity contribution in [2.75, 3.05) is 0 Å². The Morgan fingerprint density at radius 3 is 1.24 bits per heavy atom. The van der Waals surface area contributed by atoms with Crippen LogP contribution in [0.25, 0.3) is 0 Å². The number of hydrogen-bond donors (Lipinski definition) is 2. The average Bonchev–Trinajstić information content (AvgIpc) is 2.08. The van der Waals surface area contributed by atoms with Gasteiger partial charge in [0.1, 0.15) is 0 Å². The molecule has 0 aromatic carbocycles. The van der Waals surface area contributed by atoms with Crippen LogP contribution in [-0.4, -0.2) is 58.9 Å². The number of carbonyl (C=O) groups is 4. The van der Waals surface area contributed by atoms with Crippen molar-refractivity contribution < 1.29 is 29.4 Å². The van der Waals surface area contributed by atoms with E-state index in [1.54, 1.807) is 0 Å². The van der Waals surface area contributed by atoms with E-state index in [9.17, 15) is 29.4 Å². The SMILES string of the molecule is O=C1C[C@@H](C(=O)[O-])N1.O=C1C[C@@H](C(=O)[O-])N1.[Mg+2]. The molecule has 2 heterocycles. The molecule has 0 bridgehead atoms. The van der Waals surface area contributed by atoms with Gasteiger partial charge in [0, 0.05) is 0 Å². The summed E-state index contributed by atoms with van der Waals surface area (Å²) in [6, 6.07) is -1.47. The van der Waals surface area contributed by atoms with Crippen LogP contribution in [0.2, 0.25) is 0 Å². The molecule has 0 aromatic rings. The van der Waals surface area contributed by atoms with E-state index in [2.05, 4.69) is 10.6 Å². The molecule has 2 rings (SSSR count). The summed E-state index contributed by atoms with van der Waals surface area (Å²) in [7, 11) is 0. The molecule has 0 radical (unpaired) electrons. The van der Waals surface area contributed by atoms with Crippen molar-refractivity contribution >= 4 is 46.8 Å². The maximum absolute atomic E-state index is 10.0. The predicted octanol–water partition coefficient (Wildman–Crippen LogP) is -5.13. The Kier molecular flexibility index (Phi) is 5.89. The van der Waals surface area contributed by atoms with Gasteiger partial charge < -0.3 is 30.4 Å². The van der Waals surface area contributed by atoms with Gasteiger partial charge in [-0.1, -0.05) is 0 Å². The van der Waals surface area contributed by atoms with Gasteiger partial charge in [-0.05, 0) is 0 Å². The van der Waals surface area contributed by atoms with E-state index in [1.165, 1.54) is 0 Å². The summed E-state index contributed by atoms with van der Waals surface area (Å²) in [5, 5.41) is 23.9. The third-order valence-corrected chi connectivity index (χ3v) is 2.02. The number of rotatable bonds is 2. The third-order valence-electron chi connectivity index (χ3n) is 2.02. The van der Waals surface area contributed by atoms with Crippen LogP contribution in [0, 0.1) is 0 Å². The first-order valence-electron chi connectivity index (χ1n) is 4.40. The summed E-state index contributed by atoms with van der Waals surface area (Å²) in [6.07, 6.45) is 0.144. The molecule has 2 saturated heterocycles. The number of amides is 2. The van der Waals surface area contributed by atoms with Crippen molar-refractivity contribution in [2.45, 2.75) is 24.9 Å². The average molecular weight is 252 g/mol. The molecule has 2 aliphatic heterocycles. The Hall–Kier alpha value is -1.35. The van der Waals surface area contributed by atoms with Gasteiger partial charge in [-0.25, -0.2) is 0 Å². The van der Waals surface area contributed by atoms with Gasteiger partial charge in [0.05, 0.1) is 36.9 Å². The van der Waals surface area contributed by atoms with Gasteiger partial charge in [-0.2, -0.15) is 0 Å². The number of hydrogen-bond acceptors (Lipinski definition) is 6. The zero-order chi connectivity index (χ0) is 12.3. The van der Waals surface area contributed by atoms with Crippen molar-refractivity contribution in [3.63, 3.8) is 0 Å². The van der Waals surface area contributed by atoms with E-state index in [0.29, 0.717) is 0 Å². The van der Waals surface area contributed by atoms with E-state index in [1.807, 2.05) is 0 Å². The summed E-state index contributed by atoms with van der Waals surface area (Å²) in [5.41, 5.74) is 0. The molecule has 88 valence electrons. The molecule has 2 atom stereocenters. The number of carboxylic acid groups (broad SMARTS) is 2. The second-order valence-corrected chi connectivity index (χ2v) is 3.29. The minimum Gasteiger partial charge on any atom is -0.548 e. The molecule has 2 fully saturated rings. The molecule has 0 aromatic heterocycles. The van der Waals surface area contributed by atoms with Gasteiger partial charge in [0.15, 0.2) is 0 Å². The third kappa shape index (κ3) is 4.57. The molecular weight excluding hydrogens is 244 g/mol. The molecule has 8 nitrogen and oxygen atoms in total. The number of carbonyl (C=O) groups excluding carboxylic acids is 4. The van der Waals surface area contributed by atoms with E-state index in [0.717, 1.165) is 0 Å². The molecule has 0 spiro atoms. The fourth-order valence-corrected chi connectivity index (χ4v) is 1.00. The van der Waals surface area contributed by atoms with Crippen molar-refractivity contribution in [3.8, 4) is 0 Å². The Labute approximate surface area is 112 Å². The van der Waals surface area contributed by atoms with Crippen molar-refractivity contribution in [1.29, 1.82) is 0 Å². The zero-order valence-electron chi connectivity index (χ0n) is 8.73. The molecule has 0 saturated carbocycles. The first-order chi connectivity index (χ1) is 7.40. The topological polar surface area (TPSA) is 138 Å². The van der Waals surface area contributed by atoms with Gasteiger partial charge in [-0.15, -0.1) is 0 Å². The van der Waals surface area contributed by atoms with Gasteiger partial charge in [0.2, 0.25) is 11.8 Å². The quantitative estimate of drug-likeness (QED) is 0.372. The van der Waals surface area contributed by atoms with Crippen LogP contribution in [0.1, 0.15) is 12.8 Å². The Morgan fingerprint density at radius 1 is 0.941 bits per heavy atom. The smallest absolute Gasteiger partial charge is 0.548 e. The Bertz CT molecular complexity index is 308. The molecule has 17 heavy (non-hydrogen) atoms. The van der Waals surface area contributed by atoms with E-state index < -0.39 is 24.0 Å². The largest absolute Gasteiger partial charge is 2.00 e. The molecule has 0 aliphatic carbocycles. The van der Waals surface area contributed by atoms with Crippen molar-refractivity contribution in [1.82, 2.24) is 10.6 Å². The number of nitrogens with one attached hydrogen (secondary N) is 2. The Morgan fingerprint density at radius 2 is 1.18 bits per heavy atom. The van der Waals surface area contributed by atoms with Crippen LogP contribution in [0.15, 0.2) is 0 Å². The molecule has 2 N–H and O–H groups in total. The number of β-lactam (4-membered cyclic amide) rings is 2. The zero-order valence-corrected chi connectivity index (χ0v) is 10.1.